The van der Waals surface area contributed by atoms with E-state index in [9.17, 15) is 0 Å². The number of hydrogen-bond donors (Lipinski definition) is 1. The molecule has 0 aromatic carbocycles. The van der Waals surface area contributed by atoms with Gasteiger partial charge in [0, 0.05) is 32.2 Å². The summed E-state index contributed by atoms with van der Waals surface area (Å²) in [6.07, 6.45) is 4.24. The third kappa shape index (κ3) is 9.46. The van der Waals surface area contributed by atoms with E-state index in [1.165, 1.54) is 12.2 Å². The monoisotopic (exact) mass is 249 g/mol. The summed E-state index contributed by atoms with van der Waals surface area (Å²) in [7, 11) is 0. The Morgan fingerprint density at radius 3 is 2.25 bits per heavy atom. The van der Waals surface area contributed by atoms with Gasteiger partial charge < -0.3 is 14.8 Å². The minimum atomic E-state index is -0.0461. The molecule has 3 nitrogen and oxygen atoms in total. The van der Waals surface area contributed by atoms with Gasteiger partial charge in [0.15, 0.2) is 6.29 Å². The van der Waals surface area contributed by atoms with E-state index in [0.717, 1.165) is 13.0 Å². The lowest BCUT2D eigenvalue weighted by Gasteiger charge is -2.19. The van der Waals surface area contributed by atoms with Crippen molar-refractivity contribution in [2.75, 3.05) is 31.8 Å². The highest BCUT2D eigenvalue weighted by Crippen LogP contribution is 2.02. The normalized spacial score (nSPS) is 13.3. The van der Waals surface area contributed by atoms with Crippen LogP contribution in [0.15, 0.2) is 0 Å². The fraction of sp³-hybridized carbons (Fsp3) is 1.00. The first-order valence-corrected chi connectivity index (χ1v) is 7.59. The lowest BCUT2D eigenvalue weighted by molar-refractivity contribution is -0.138. The maximum atomic E-state index is 5.48. The molecule has 1 unspecified atom stereocenters. The Hall–Kier alpha value is 0.230. The third-order valence-electron chi connectivity index (χ3n) is 2.33. The van der Waals surface area contributed by atoms with Gasteiger partial charge in [0.2, 0.25) is 0 Å². The average molecular weight is 249 g/mol. The van der Waals surface area contributed by atoms with Crippen LogP contribution < -0.4 is 5.32 Å². The first-order valence-electron chi connectivity index (χ1n) is 6.20. The second-order valence-electron chi connectivity index (χ2n) is 3.77. The van der Waals surface area contributed by atoms with Crippen LogP contribution >= 0.6 is 11.8 Å². The molecule has 0 aromatic rings. The Balaban J connectivity index is 3.51. The molecule has 98 valence electrons. The highest BCUT2D eigenvalue weighted by atomic mass is 32.2. The van der Waals surface area contributed by atoms with Gasteiger partial charge in [-0.3, -0.25) is 0 Å². The molecule has 0 heterocycles. The van der Waals surface area contributed by atoms with E-state index in [2.05, 4.69) is 18.5 Å². The van der Waals surface area contributed by atoms with Crippen LogP contribution in [0.2, 0.25) is 0 Å². The summed E-state index contributed by atoms with van der Waals surface area (Å²) in [6, 6.07) is 0.580. The maximum absolute atomic E-state index is 5.48. The zero-order valence-corrected chi connectivity index (χ0v) is 11.9. The van der Waals surface area contributed by atoms with Gasteiger partial charge in [-0.15, -0.1) is 0 Å². The zero-order chi connectivity index (χ0) is 12.2. The summed E-state index contributed by atoms with van der Waals surface area (Å²) in [5, 5.41) is 3.49. The van der Waals surface area contributed by atoms with Gasteiger partial charge in [0.25, 0.3) is 0 Å². The summed E-state index contributed by atoms with van der Waals surface area (Å²) < 4.78 is 11.0. The molecule has 0 saturated heterocycles. The van der Waals surface area contributed by atoms with Crippen LogP contribution in [-0.4, -0.2) is 44.1 Å². The van der Waals surface area contributed by atoms with Crippen LogP contribution in [0.25, 0.3) is 0 Å². The molecule has 1 N–H and O–H groups in total. The molecule has 0 radical (unpaired) electrons. The van der Waals surface area contributed by atoms with Crippen molar-refractivity contribution in [2.45, 2.75) is 45.9 Å². The van der Waals surface area contributed by atoms with E-state index >= 15 is 0 Å². The molecule has 0 spiro atoms. The number of ether oxygens (including phenoxy) is 2. The molecule has 0 aromatic heterocycles. The number of hydrogen-bond acceptors (Lipinski definition) is 4. The van der Waals surface area contributed by atoms with E-state index in [0.29, 0.717) is 19.3 Å². The maximum Gasteiger partial charge on any atom is 0.158 e. The molecule has 0 bridgehead atoms. The van der Waals surface area contributed by atoms with Crippen molar-refractivity contribution in [3.8, 4) is 0 Å². The van der Waals surface area contributed by atoms with E-state index in [-0.39, 0.29) is 6.29 Å². The van der Waals surface area contributed by atoms with Crippen molar-refractivity contribution in [3.63, 3.8) is 0 Å². The summed E-state index contributed by atoms with van der Waals surface area (Å²) in [6.45, 7) is 8.62. The largest absolute Gasteiger partial charge is 0.353 e. The highest BCUT2D eigenvalue weighted by Gasteiger charge is 2.08. The van der Waals surface area contributed by atoms with Crippen molar-refractivity contribution >= 4 is 11.8 Å². The minimum absolute atomic E-state index is 0.0461. The molecule has 0 saturated carbocycles. The van der Waals surface area contributed by atoms with Gasteiger partial charge in [0.05, 0.1) is 0 Å². The predicted octanol–water partition coefficient (Wildman–Crippen LogP) is 2.51. The van der Waals surface area contributed by atoms with Crippen LogP contribution in [-0.2, 0) is 9.47 Å². The Labute approximate surface area is 105 Å². The molecule has 0 fully saturated rings. The standard InChI is InChI=1S/C12H27NO2S/c1-5-14-12(15-6-2)7-9-13-11(3)8-10-16-4/h11-13H,5-10H2,1-4H3. The van der Waals surface area contributed by atoms with Crippen LogP contribution in [0, 0.1) is 0 Å². The van der Waals surface area contributed by atoms with Crippen LogP contribution in [0.1, 0.15) is 33.6 Å². The fourth-order valence-corrected chi connectivity index (χ4v) is 2.02. The molecule has 0 aliphatic rings. The van der Waals surface area contributed by atoms with E-state index in [1.54, 1.807) is 0 Å². The van der Waals surface area contributed by atoms with Gasteiger partial charge in [0.1, 0.15) is 0 Å². The lowest BCUT2D eigenvalue weighted by Crippen LogP contribution is -2.31. The second kappa shape index (κ2) is 11.7. The van der Waals surface area contributed by atoms with Gasteiger partial charge in [-0.05, 0) is 39.2 Å². The molecule has 0 aliphatic heterocycles. The van der Waals surface area contributed by atoms with Crippen molar-refractivity contribution in [2.24, 2.45) is 0 Å². The summed E-state index contributed by atoms with van der Waals surface area (Å²) in [5.41, 5.74) is 0. The molecule has 0 aliphatic carbocycles. The molecule has 0 rings (SSSR count). The van der Waals surface area contributed by atoms with Crippen LogP contribution in [0.3, 0.4) is 0 Å². The molecular formula is C12H27NO2S. The van der Waals surface area contributed by atoms with Gasteiger partial charge in [-0.1, -0.05) is 0 Å². The first kappa shape index (κ1) is 16.2. The second-order valence-corrected chi connectivity index (χ2v) is 4.75. The SMILES string of the molecule is CCOC(CCNC(C)CCSC)OCC. The van der Waals surface area contributed by atoms with Crippen molar-refractivity contribution < 1.29 is 9.47 Å². The lowest BCUT2D eigenvalue weighted by atomic mass is 10.2. The Morgan fingerprint density at radius 2 is 1.75 bits per heavy atom. The van der Waals surface area contributed by atoms with Crippen molar-refractivity contribution in [1.82, 2.24) is 5.32 Å². The highest BCUT2D eigenvalue weighted by molar-refractivity contribution is 7.98. The van der Waals surface area contributed by atoms with E-state index < -0.39 is 0 Å². The molecule has 0 amide bonds. The first-order chi connectivity index (χ1) is 7.74. The van der Waals surface area contributed by atoms with Gasteiger partial charge in [-0.2, -0.15) is 11.8 Å². The summed E-state index contributed by atoms with van der Waals surface area (Å²) in [4.78, 5) is 0. The van der Waals surface area contributed by atoms with Crippen LogP contribution in [0.5, 0.6) is 0 Å². The molecule has 16 heavy (non-hydrogen) atoms. The third-order valence-corrected chi connectivity index (χ3v) is 2.98. The predicted molar refractivity (Wildman–Crippen MR) is 72.1 cm³/mol. The van der Waals surface area contributed by atoms with Crippen molar-refractivity contribution in [1.29, 1.82) is 0 Å². The van der Waals surface area contributed by atoms with Crippen LogP contribution in [0.4, 0.5) is 0 Å². The Morgan fingerprint density at radius 1 is 1.12 bits per heavy atom. The Bertz CT molecular complexity index is 141. The summed E-state index contributed by atoms with van der Waals surface area (Å²) >= 11 is 1.90. The summed E-state index contributed by atoms with van der Waals surface area (Å²) in [5.74, 6) is 1.22. The average Bonchev–Trinajstić information content (AvgIpc) is 2.27. The Kier molecular flexibility index (Phi) is 11.9. The molecule has 1 atom stereocenters. The van der Waals surface area contributed by atoms with E-state index in [4.69, 9.17) is 9.47 Å². The number of nitrogens with one attached hydrogen (secondary N) is 1. The zero-order valence-electron chi connectivity index (χ0n) is 11.1. The van der Waals surface area contributed by atoms with E-state index in [1.807, 2.05) is 25.6 Å². The topological polar surface area (TPSA) is 30.5 Å². The molecular weight excluding hydrogens is 222 g/mol. The van der Waals surface area contributed by atoms with Gasteiger partial charge in [-0.25, -0.2) is 0 Å². The number of thioether (sulfide) groups is 1. The quantitative estimate of drug-likeness (QED) is 0.570. The minimum Gasteiger partial charge on any atom is -0.353 e. The van der Waals surface area contributed by atoms with Gasteiger partial charge >= 0.3 is 0 Å². The number of rotatable bonds is 11. The smallest absolute Gasteiger partial charge is 0.158 e. The molecule has 4 heteroatoms. The fourth-order valence-electron chi connectivity index (χ4n) is 1.43. The van der Waals surface area contributed by atoms with Crippen molar-refractivity contribution in [3.05, 3.63) is 0 Å².